The Morgan fingerprint density at radius 1 is 1.09 bits per heavy atom. The molecule has 4 aliphatic carbocycles. The van der Waals surface area contributed by atoms with Gasteiger partial charge in [0.1, 0.15) is 6.10 Å². The van der Waals surface area contributed by atoms with E-state index < -0.39 is 12.3 Å². The highest BCUT2D eigenvalue weighted by Crippen LogP contribution is 2.66. The fourth-order valence-electron chi connectivity index (χ4n) is 8.46. The molecule has 8 atom stereocenters. The first-order chi connectivity index (χ1) is 16.5. The third-order valence-corrected chi connectivity index (χ3v) is 10.4. The second-order valence-electron chi connectivity index (χ2n) is 13.1. The third kappa shape index (κ3) is 4.08. The topological polar surface area (TPSA) is 74.2 Å². The van der Waals surface area contributed by atoms with Crippen molar-refractivity contribution in [2.45, 2.75) is 91.6 Å². The summed E-state index contributed by atoms with van der Waals surface area (Å²) in [6.07, 6.45) is 8.58. The van der Waals surface area contributed by atoms with Crippen LogP contribution in [-0.2, 0) is 18.9 Å². The Morgan fingerprint density at radius 2 is 1.80 bits per heavy atom. The number of hydrogen-bond acceptors (Lipinski definition) is 6. The molecule has 0 bridgehead atoms. The van der Waals surface area contributed by atoms with Gasteiger partial charge in [0.25, 0.3) is 0 Å². The molecule has 4 fully saturated rings. The van der Waals surface area contributed by atoms with E-state index in [-0.39, 0.29) is 28.6 Å². The molecule has 0 spiro atoms. The maximum atomic E-state index is 12.1. The van der Waals surface area contributed by atoms with Gasteiger partial charge in [-0.3, -0.25) is 0 Å². The van der Waals surface area contributed by atoms with Crippen LogP contribution < -0.4 is 0 Å². The fourth-order valence-corrected chi connectivity index (χ4v) is 8.46. The number of rotatable bonds is 3. The molecule has 6 nitrogen and oxygen atoms in total. The maximum absolute atomic E-state index is 12.1. The first kappa shape index (κ1) is 25.3. The molecule has 1 heterocycles. The lowest BCUT2D eigenvalue weighted by molar-refractivity contribution is -0.252. The molecule has 5 aliphatic rings. The minimum Gasteiger partial charge on any atom is -0.438 e. The maximum Gasteiger partial charge on any atom is 0.508 e. The quantitative estimate of drug-likeness (QED) is 0.518. The summed E-state index contributed by atoms with van der Waals surface area (Å²) in [4.78, 5) is 12.1. The van der Waals surface area contributed by atoms with Gasteiger partial charge in [0, 0.05) is 23.2 Å². The molecule has 5 rings (SSSR count). The van der Waals surface area contributed by atoms with Gasteiger partial charge in [-0.15, -0.1) is 0 Å². The molecule has 6 heteroatoms. The summed E-state index contributed by atoms with van der Waals surface area (Å²) in [5.41, 5.74) is 2.71. The smallest absolute Gasteiger partial charge is 0.438 e. The fraction of sp³-hybridized carbons (Fsp3) is 0.828. The Hall–Kier alpha value is -1.37. The highest BCUT2D eigenvalue weighted by Gasteiger charge is 2.60. The zero-order chi connectivity index (χ0) is 25.2. The van der Waals surface area contributed by atoms with Gasteiger partial charge in [-0.05, 0) is 55.3 Å². The summed E-state index contributed by atoms with van der Waals surface area (Å²) in [5, 5.41) is 10.5. The van der Waals surface area contributed by atoms with Gasteiger partial charge < -0.3 is 24.1 Å². The van der Waals surface area contributed by atoms with Gasteiger partial charge in [0.2, 0.25) is 0 Å². The van der Waals surface area contributed by atoms with Crippen LogP contribution >= 0.6 is 0 Å². The van der Waals surface area contributed by atoms with Gasteiger partial charge in [-0.1, -0.05) is 57.9 Å². The lowest BCUT2D eigenvalue weighted by Gasteiger charge is -2.57. The number of fused-ring (bicyclic) bond motifs is 5. The molecular weight excluding hydrogens is 444 g/mol. The Labute approximate surface area is 210 Å². The molecule has 1 saturated heterocycles. The highest BCUT2D eigenvalue weighted by molar-refractivity contribution is 5.60. The molecular formula is C29H44O6. The van der Waals surface area contributed by atoms with E-state index in [2.05, 4.69) is 46.8 Å². The van der Waals surface area contributed by atoms with Crippen molar-refractivity contribution in [3.05, 3.63) is 23.3 Å². The Balaban J connectivity index is 1.40. The molecule has 196 valence electrons. The minimum absolute atomic E-state index is 0.0825. The first-order valence-electron chi connectivity index (χ1n) is 13.6. The zero-order valence-corrected chi connectivity index (χ0v) is 22.3. The van der Waals surface area contributed by atoms with Crippen molar-refractivity contribution in [2.24, 2.45) is 39.9 Å². The van der Waals surface area contributed by atoms with Crippen LogP contribution in [0.25, 0.3) is 0 Å². The zero-order valence-electron chi connectivity index (χ0n) is 22.3. The van der Waals surface area contributed by atoms with Gasteiger partial charge >= 0.3 is 6.16 Å². The molecule has 1 aliphatic heterocycles. The predicted molar refractivity (Wildman–Crippen MR) is 132 cm³/mol. The van der Waals surface area contributed by atoms with Gasteiger partial charge in [-0.2, -0.15) is 0 Å². The average molecular weight is 489 g/mol. The van der Waals surface area contributed by atoms with Crippen LogP contribution in [0.15, 0.2) is 23.3 Å². The van der Waals surface area contributed by atoms with E-state index in [1.165, 1.54) is 31.1 Å². The van der Waals surface area contributed by atoms with Crippen molar-refractivity contribution in [3.63, 3.8) is 0 Å². The molecule has 0 radical (unpaired) electrons. The van der Waals surface area contributed by atoms with E-state index in [0.717, 1.165) is 26.1 Å². The first-order valence-corrected chi connectivity index (χ1v) is 13.6. The largest absolute Gasteiger partial charge is 0.508 e. The number of ether oxygens (including phenoxy) is 4. The number of aliphatic hydroxyl groups excluding tert-OH is 1. The van der Waals surface area contributed by atoms with Crippen LogP contribution in [0.3, 0.4) is 0 Å². The second-order valence-corrected chi connectivity index (χ2v) is 13.1. The summed E-state index contributed by atoms with van der Waals surface area (Å²) >= 11 is 0. The molecule has 1 N–H and O–H groups in total. The summed E-state index contributed by atoms with van der Waals surface area (Å²) in [7, 11) is 1.35. The summed E-state index contributed by atoms with van der Waals surface area (Å²) in [6, 6.07) is 0. The number of carbonyl (C=O) groups excluding carboxylic acids is 1. The standard InChI is InChI=1S/C29H44O6/c1-17(25-33-15-27(2,3)16-34-25)21-9-10-22-20-8-7-18-13-19(30)14-24(35-26(31)32-6)29(18,5)23(20)11-12-28(21,22)4/h7-8,17,19,21-25,30H,9-16H2,1-6H3/t17?,19-,21-,22+,23+,24+,28-,29+/m1/s1. The lowest BCUT2D eigenvalue weighted by Crippen LogP contribution is -2.54. The van der Waals surface area contributed by atoms with E-state index in [1.807, 2.05) is 0 Å². The normalized spacial score (nSPS) is 43.7. The Kier molecular flexibility index (Phi) is 6.42. The van der Waals surface area contributed by atoms with Crippen molar-refractivity contribution in [1.29, 1.82) is 0 Å². The van der Waals surface area contributed by atoms with Crippen LogP contribution in [0.4, 0.5) is 4.79 Å². The lowest BCUT2D eigenvalue weighted by atomic mass is 9.49. The van der Waals surface area contributed by atoms with E-state index in [0.29, 0.717) is 36.5 Å². The van der Waals surface area contributed by atoms with Crippen LogP contribution in [0.1, 0.15) is 73.1 Å². The van der Waals surface area contributed by atoms with E-state index in [1.54, 1.807) is 0 Å². The van der Waals surface area contributed by atoms with Crippen molar-refractivity contribution < 1.29 is 28.8 Å². The van der Waals surface area contributed by atoms with E-state index in [4.69, 9.17) is 18.9 Å². The van der Waals surface area contributed by atoms with E-state index in [9.17, 15) is 9.90 Å². The average Bonchev–Trinajstić information content (AvgIpc) is 3.16. The molecule has 3 saturated carbocycles. The number of carbonyl (C=O) groups is 1. The van der Waals surface area contributed by atoms with Crippen LogP contribution in [0.5, 0.6) is 0 Å². The third-order valence-electron chi connectivity index (χ3n) is 10.4. The van der Waals surface area contributed by atoms with Gasteiger partial charge in [-0.25, -0.2) is 4.79 Å². The van der Waals surface area contributed by atoms with Gasteiger partial charge in [0.05, 0.1) is 26.4 Å². The van der Waals surface area contributed by atoms with Gasteiger partial charge in [0.15, 0.2) is 6.29 Å². The molecule has 1 unspecified atom stereocenters. The minimum atomic E-state index is -0.660. The summed E-state index contributed by atoms with van der Waals surface area (Å²) < 4.78 is 23.1. The Morgan fingerprint density at radius 3 is 2.49 bits per heavy atom. The summed E-state index contributed by atoms with van der Waals surface area (Å²) in [5.74, 6) is 1.73. The second kappa shape index (κ2) is 8.88. The van der Waals surface area contributed by atoms with Crippen molar-refractivity contribution >= 4 is 6.16 Å². The Bertz CT molecular complexity index is 897. The number of aliphatic hydroxyl groups is 1. The van der Waals surface area contributed by atoms with Crippen molar-refractivity contribution in [1.82, 2.24) is 0 Å². The summed E-state index contributed by atoms with van der Waals surface area (Å²) in [6.45, 7) is 13.0. The van der Waals surface area contributed by atoms with E-state index >= 15 is 0 Å². The molecule has 0 amide bonds. The molecule has 0 aromatic rings. The van der Waals surface area contributed by atoms with Crippen molar-refractivity contribution in [2.75, 3.05) is 20.3 Å². The molecule has 0 aromatic heterocycles. The number of allylic oxidation sites excluding steroid dienone is 3. The van der Waals surface area contributed by atoms with Crippen LogP contribution in [-0.4, -0.2) is 50.1 Å². The van der Waals surface area contributed by atoms with Crippen molar-refractivity contribution in [3.8, 4) is 0 Å². The molecule has 0 aromatic carbocycles. The number of methoxy groups -OCH3 is 1. The SMILES string of the molecule is COC(=O)O[C@H]1C[C@H](O)CC2=CC=C3[C@@H]4CC[C@H](C(C)C5OCC(C)(C)CO5)[C@@]4(C)CC[C@@H]3[C@]21C. The van der Waals surface area contributed by atoms with Crippen LogP contribution in [0.2, 0.25) is 0 Å². The monoisotopic (exact) mass is 488 g/mol. The van der Waals surface area contributed by atoms with Crippen LogP contribution in [0, 0.1) is 39.9 Å². The molecule has 35 heavy (non-hydrogen) atoms. The number of hydrogen-bond donors (Lipinski definition) is 1. The highest BCUT2D eigenvalue weighted by atomic mass is 16.7. The predicted octanol–water partition coefficient (Wildman–Crippen LogP) is 5.64.